The summed E-state index contributed by atoms with van der Waals surface area (Å²) >= 11 is 0. The number of nitrogens with one attached hydrogen (secondary N) is 1. The van der Waals surface area contributed by atoms with E-state index < -0.39 is 16.4 Å². The first-order chi connectivity index (χ1) is 13.5. The summed E-state index contributed by atoms with van der Waals surface area (Å²) in [5, 5.41) is 14.0. The maximum Gasteiger partial charge on any atom is 0.306 e. The Bertz CT molecular complexity index is 845. The van der Waals surface area contributed by atoms with Gasteiger partial charge in [-0.05, 0) is 44.2 Å². The molecule has 1 atom stereocenters. The third-order valence-electron chi connectivity index (χ3n) is 5.06. The fourth-order valence-corrected chi connectivity index (χ4v) is 3.66. The second-order valence-corrected chi connectivity index (χ2v) is 7.09. The molecule has 1 fully saturated rings. The highest BCUT2D eigenvalue weighted by atomic mass is 19.1. The fraction of sp³-hybridized carbons (Fsp3) is 0.500. The lowest BCUT2D eigenvalue weighted by Crippen LogP contribution is -2.39. The Morgan fingerprint density at radius 2 is 2.11 bits per heavy atom. The predicted octanol–water partition coefficient (Wildman–Crippen LogP) is 4.99. The summed E-state index contributed by atoms with van der Waals surface area (Å²) in [5.74, 6) is 0.391. The summed E-state index contributed by atoms with van der Waals surface area (Å²) in [5.41, 5.74) is 0.738. The molecule has 28 heavy (non-hydrogen) atoms. The minimum absolute atomic E-state index is 0.377. The number of rotatable bonds is 7. The predicted molar refractivity (Wildman–Crippen MR) is 108 cm³/mol. The van der Waals surface area contributed by atoms with Crippen molar-refractivity contribution in [1.82, 2.24) is 9.97 Å². The van der Waals surface area contributed by atoms with Gasteiger partial charge in [-0.2, -0.15) is 9.37 Å². The van der Waals surface area contributed by atoms with Crippen LogP contribution in [0.5, 0.6) is 0 Å². The van der Waals surface area contributed by atoms with Crippen LogP contribution in [0.25, 0.3) is 0 Å². The van der Waals surface area contributed by atoms with Gasteiger partial charge < -0.3 is 10.2 Å². The van der Waals surface area contributed by atoms with E-state index in [1.54, 1.807) is 0 Å². The first kappa shape index (κ1) is 20.0. The van der Waals surface area contributed by atoms with Crippen molar-refractivity contribution in [1.29, 1.82) is 0 Å². The third-order valence-corrected chi connectivity index (χ3v) is 5.06. The normalized spacial score (nSPS) is 16.8. The number of anilines is 3. The average Bonchev–Trinajstić information content (AvgIpc) is 2.69. The molecule has 0 saturated carbocycles. The fourth-order valence-electron chi connectivity index (χ4n) is 3.66. The second-order valence-electron chi connectivity index (χ2n) is 7.09. The van der Waals surface area contributed by atoms with Gasteiger partial charge in [0.2, 0.25) is 11.8 Å². The molecule has 0 bridgehead atoms. The molecule has 2 heterocycles. The SMILES string of the molecule is CCCc1cc(N2CCCCC2CC)nc(Nc2ccc(F)c([N+](=O)[O-])c2)n1. The summed E-state index contributed by atoms with van der Waals surface area (Å²) in [7, 11) is 0. The molecule has 0 amide bonds. The Morgan fingerprint density at radius 1 is 1.29 bits per heavy atom. The van der Waals surface area contributed by atoms with Gasteiger partial charge in [0.1, 0.15) is 5.82 Å². The summed E-state index contributed by atoms with van der Waals surface area (Å²) in [6.45, 7) is 5.24. The molecule has 2 aromatic rings. The Labute approximate surface area is 164 Å². The van der Waals surface area contributed by atoms with Crippen molar-refractivity contribution < 1.29 is 9.31 Å². The molecule has 3 rings (SSSR count). The molecule has 1 aliphatic rings. The molecule has 150 valence electrons. The highest BCUT2D eigenvalue weighted by Gasteiger charge is 2.23. The van der Waals surface area contributed by atoms with E-state index in [1.165, 1.54) is 18.6 Å². The maximum atomic E-state index is 13.6. The van der Waals surface area contributed by atoms with Gasteiger partial charge in [0.15, 0.2) is 0 Å². The van der Waals surface area contributed by atoms with Crippen LogP contribution in [-0.2, 0) is 6.42 Å². The van der Waals surface area contributed by atoms with Gasteiger partial charge >= 0.3 is 5.69 Å². The van der Waals surface area contributed by atoms with Gasteiger partial charge in [-0.3, -0.25) is 10.1 Å². The number of piperidine rings is 1. The molecule has 1 unspecified atom stereocenters. The Balaban J connectivity index is 1.93. The molecule has 0 radical (unpaired) electrons. The molecule has 1 saturated heterocycles. The molecule has 1 aromatic carbocycles. The van der Waals surface area contributed by atoms with E-state index in [4.69, 9.17) is 0 Å². The lowest BCUT2D eigenvalue weighted by Gasteiger charge is -2.36. The van der Waals surface area contributed by atoms with E-state index in [9.17, 15) is 14.5 Å². The van der Waals surface area contributed by atoms with Gasteiger partial charge in [-0.25, -0.2) is 4.98 Å². The summed E-state index contributed by atoms with van der Waals surface area (Å²) < 4.78 is 13.6. The lowest BCUT2D eigenvalue weighted by atomic mass is 10.00. The van der Waals surface area contributed by atoms with E-state index in [1.807, 2.05) is 6.07 Å². The number of hydrogen-bond acceptors (Lipinski definition) is 6. The van der Waals surface area contributed by atoms with Crippen LogP contribution in [0, 0.1) is 15.9 Å². The van der Waals surface area contributed by atoms with Crippen molar-refractivity contribution in [2.45, 2.75) is 58.4 Å². The van der Waals surface area contributed by atoms with Crippen molar-refractivity contribution in [2.24, 2.45) is 0 Å². The van der Waals surface area contributed by atoms with Gasteiger partial charge in [-0.1, -0.05) is 20.3 Å². The zero-order chi connectivity index (χ0) is 20.1. The minimum atomic E-state index is -0.865. The van der Waals surface area contributed by atoms with E-state index in [0.29, 0.717) is 17.7 Å². The van der Waals surface area contributed by atoms with Crippen molar-refractivity contribution in [3.05, 3.63) is 45.9 Å². The largest absolute Gasteiger partial charge is 0.353 e. The van der Waals surface area contributed by atoms with Crippen molar-refractivity contribution >= 4 is 23.1 Å². The first-order valence-corrected chi connectivity index (χ1v) is 9.87. The summed E-state index contributed by atoms with van der Waals surface area (Å²) in [4.78, 5) is 21.8. The molecule has 1 aromatic heterocycles. The number of nitro benzene ring substituents is 1. The van der Waals surface area contributed by atoms with Gasteiger partial charge in [0.25, 0.3) is 0 Å². The number of nitro groups is 1. The van der Waals surface area contributed by atoms with Gasteiger partial charge in [-0.15, -0.1) is 0 Å². The second kappa shape index (κ2) is 8.95. The molecule has 1 N–H and O–H groups in total. The molecule has 8 heteroatoms. The van der Waals surface area contributed by atoms with E-state index in [-0.39, 0.29) is 0 Å². The molecular formula is C20H26FN5O2. The molecule has 1 aliphatic heterocycles. The number of hydrogen-bond donors (Lipinski definition) is 1. The van der Waals surface area contributed by atoms with Crippen molar-refractivity contribution in [2.75, 3.05) is 16.8 Å². The molecular weight excluding hydrogens is 361 g/mol. The quantitative estimate of drug-likeness (QED) is 0.532. The van der Waals surface area contributed by atoms with Gasteiger partial charge in [0.05, 0.1) is 4.92 Å². The molecule has 0 spiro atoms. The average molecular weight is 387 g/mol. The first-order valence-electron chi connectivity index (χ1n) is 9.87. The van der Waals surface area contributed by atoms with Crippen molar-refractivity contribution in [3.63, 3.8) is 0 Å². The highest BCUT2D eigenvalue weighted by molar-refractivity contribution is 5.59. The Kier molecular flexibility index (Phi) is 6.38. The standard InChI is InChI=1S/C20H26FN5O2/c1-3-7-14-13-19(25-11-6-5-8-16(25)4-2)24-20(22-14)23-15-9-10-17(21)18(12-15)26(27)28/h9-10,12-13,16H,3-8,11H2,1-2H3,(H,22,23,24). The van der Waals surface area contributed by atoms with Crippen LogP contribution in [0.15, 0.2) is 24.3 Å². The minimum Gasteiger partial charge on any atom is -0.353 e. The van der Waals surface area contributed by atoms with Crippen LogP contribution < -0.4 is 10.2 Å². The Hall–Kier alpha value is -2.77. The van der Waals surface area contributed by atoms with E-state index in [0.717, 1.165) is 56.2 Å². The van der Waals surface area contributed by atoms with Gasteiger partial charge in [0, 0.05) is 36.1 Å². The van der Waals surface area contributed by atoms with Crippen LogP contribution in [0.2, 0.25) is 0 Å². The highest BCUT2D eigenvalue weighted by Crippen LogP contribution is 2.28. The lowest BCUT2D eigenvalue weighted by molar-refractivity contribution is -0.387. The topological polar surface area (TPSA) is 84.2 Å². The molecule has 7 nitrogen and oxygen atoms in total. The van der Waals surface area contributed by atoms with Crippen LogP contribution in [-0.4, -0.2) is 27.5 Å². The number of benzene rings is 1. The summed E-state index contributed by atoms with van der Waals surface area (Å²) in [6, 6.07) is 6.19. The Morgan fingerprint density at radius 3 is 2.82 bits per heavy atom. The van der Waals surface area contributed by atoms with Crippen molar-refractivity contribution in [3.8, 4) is 0 Å². The molecule has 0 aliphatic carbocycles. The van der Waals surface area contributed by atoms with Crippen LogP contribution in [0.3, 0.4) is 0 Å². The van der Waals surface area contributed by atoms with E-state index >= 15 is 0 Å². The number of aryl methyl sites for hydroxylation is 1. The van der Waals surface area contributed by atoms with Crippen LogP contribution in [0.4, 0.5) is 27.5 Å². The van der Waals surface area contributed by atoms with E-state index in [2.05, 4.69) is 34.0 Å². The monoisotopic (exact) mass is 387 g/mol. The number of aromatic nitrogens is 2. The maximum absolute atomic E-state index is 13.6. The van der Waals surface area contributed by atoms with Crippen LogP contribution >= 0.6 is 0 Å². The smallest absolute Gasteiger partial charge is 0.306 e. The zero-order valence-electron chi connectivity index (χ0n) is 16.3. The van der Waals surface area contributed by atoms with Crippen LogP contribution in [0.1, 0.15) is 51.6 Å². The number of halogens is 1. The zero-order valence-corrected chi connectivity index (χ0v) is 16.3. The summed E-state index contributed by atoms with van der Waals surface area (Å²) in [6.07, 6.45) is 6.34. The number of nitrogens with zero attached hydrogens (tertiary/aromatic N) is 4. The third kappa shape index (κ3) is 4.55.